The highest BCUT2D eigenvalue weighted by molar-refractivity contribution is 6.42. The molecule has 1 N–H and O–H groups in total. The number of rotatable bonds is 10. The van der Waals surface area contributed by atoms with Crippen LogP contribution in [0, 0.1) is 0 Å². The van der Waals surface area contributed by atoms with Crippen molar-refractivity contribution in [3.8, 4) is 0 Å². The Hall–Kier alpha value is -2.82. The first kappa shape index (κ1) is 28.2. The van der Waals surface area contributed by atoms with Crippen molar-refractivity contribution < 1.29 is 9.59 Å². The van der Waals surface area contributed by atoms with Crippen LogP contribution in [0.4, 0.5) is 0 Å². The van der Waals surface area contributed by atoms with Gasteiger partial charge in [-0.05, 0) is 48.1 Å². The van der Waals surface area contributed by atoms with Gasteiger partial charge >= 0.3 is 0 Å². The van der Waals surface area contributed by atoms with Gasteiger partial charge in [0.25, 0.3) is 0 Å². The number of benzene rings is 3. The number of nitrogens with zero attached hydrogens (tertiary/aromatic N) is 1. The number of carbonyl (C=O) groups is 2. The molecule has 1 fully saturated rings. The first-order chi connectivity index (χ1) is 18.5. The van der Waals surface area contributed by atoms with E-state index in [0.717, 1.165) is 42.4 Å². The second-order valence-electron chi connectivity index (χ2n) is 10.1. The van der Waals surface area contributed by atoms with Gasteiger partial charge in [0.1, 0.15) is 6.04 Å². The summed E-state index contributed by atoms with van der Waals surface area (Å²) in [6.07, 6.45) is 6.23. The molecule has 1 unspecified atom stereocenters. The van der Waals surface area contributed by atoms with E-state index in [1.54, 1.807) is 17.0 Å². The van der Waals surface area contributed by atoms with Gasteiger partial charge in [-0.2, -0.15) is 0 Å². The summed E-state index contributed by atoms with van der Waals surface area (Å²) >= 11 is 12.5. The van der Waals surface area contributed by atoms with Crippen molar-refractivity contribution in [2.24, 2.45) is 0 Å². The fourth-order valence-corrected chi connectivity index (χ4v) is 5.71. The third-order valence-corrected chi connectivity index (χ3v) is 8.20. The number of hydrogen-bond acceptors (Lipinski definition) is 2. The van der Waals surface area contributed by atoms with Gasteiger partial charge in [0, 0.05) is 24.9 Å². The summed E-state index contributed by atoms with van der Waals surface area (Å²) in [6, 6.07) is 25.1. The van der Waals surface area contributed by atoms with Gasteiger partial charge in [-0.3, -0.25) is 9.59 Å². The summed E-state index contributed by atoms with van der Waals surface area (Å²) in [6.45, 7) is 2.24. The number of halogens is 2. The van der Waals surface area contributed by atoms with Crippen molar-refractivity contribution in [3.63, 3.8) is 0 Å². The van der Waals surface area contributed by atoms with Crippen LogP contribution >= 0.6 is 23.2 Å². The van der Waals surface area contributed by atoms with Crippen molar-refractivity contribution >= 4 is 35.0 Å². The first-order valence-corrected chi connectivity index (χ1v) is 14.4. The lowest BCUT2D eigenvalue weighted by atomic mass is 9.88. The van der Waals surface area contributed by atoms with Gasteiger partial charge in [0.2, 0.25) is 11.8 Å². The van der Waals surface area contributed by atoms with Crippen LogP contribution in [0.5, 0.6) is 0 Å². The quantitative estimate of drug-likeness (QED) is 0.280. The van der Waals surface area contributed by atoms with E-state index in [1.165, 1.54) is 6.42 Å². The molecular weight excluding hydrogens is 515 g/mol. The van der Waals surface area contributed by atoms with E-state index in [1.807, 2.05) is 49.4 Å². The zero-order chi connectivity index (χ0) is 26.9. The molecular formula is C32H36Cl2N2O2. The van der Waals surface area contributed by atoms with Crippen LogP contribution in [0.25, 0.3) is 0 Å². The van der Waals surface area contributed by atoms with E-state index in [2.05, 4.69) is 29.6 Å². The molecule has 0 bridgehead atoms. The Bertz CT molecular complexity index is 1160. The fraction of sp³-hybridized carbons (Fsp3) is 0.375. The van der Waals surface area contributed by atoms with Crippen LogP contribution in [0.3, 0.4) is 0 Å². The van der Waals surface area contributed by atoms with E-state index >= 15 is 0 Å². The minimum absolute atomic E-state index is 0.0700. The zero-order valence-electron chi connectivity index (χ0n) is 21.9. The van der Waals surface area contributed by atoms with Gasteiger partial charge in [-0.25, -0.2) is 0 Å². The van der Waals surface area contributed by atoms with Crippen molar-refractivity contribution in [1.82, 2.24) is 10.2 Å². The highest BCUT2D eigenvalue weighted by Crippen LogP contribution is 2.30. The van der Waals surface area contributed by atoms with Gasteiger partial charge in [0.15, 0.2) is 0 Å². The molecule has 200 valence electrons. The third-order valence-electron chi connectivity index (χ3n) is 7.46. The van der Waals surface area contributed by atoms with Crippen molar-refractivity contribution in [1.29, 1.82) is 0 Å². The van der Waals surface area contributed by atoms with Gasteiger partial charge in [-0.15, -0.1) is 0 Å². The molecule has 6 heteroatoms. The lowest BCUT2D eigenvalue weighted by Crippen LogP contribution is -2.51. The predicted molar refractivity (Wildman–Crippen MR) is 155 cm³/mol. The standard InChI is InChI=1S/C32H36Cl2N2O2/c1-2-30(32(38)35-26-16-10-5-11-17-26)36(22-23-18-19-28(33)29(34)20-23)31(37)21-27(24-12-6-3-7-13-24)25-14-8-4-9-15-25/h3-4,6-9,12-15,18-20,26-27,30H,2,5,10-11,16-17,21-22H2,1H3,(H,35,38). The molecule has 0 heterocycles. The molecule has 0 saturated heterocycles. The molecule has 4 rings (SSSR count). The van der Waals surface area contributed by atoms with Crippen LogP contribution < -0.4 is 5.32 Å². The second-order valence-corrected chi connectivity index (χ2v) is 10.9. The maximum atomic E-state index is 14.1. The molecule has 3 aromatic carbocycles. The highest BCUT2D eigenvalue weighted by Gasteiger charge is 2.32. The van der Waals surface area contributed by atoms with Crippen LogP contribution in [0.15, 0.2) is 78.9 Å². The minimum Gasteiger partial charge on any atom is -0.352 e. The maximum absolute atomic E-state index is 14.1. The highest BCUT2D eigenvalue weighted by atomic mass is 35.5. The van der Waals surface area contributed by atoms with Crippen LogP contribution in [0.2, 0.25) is 10.0 Å². The average Bonchev–Trinajstić information content (AvgIpc) is 2.95. The van der Waals surface area contributed by atoms with E-state index in [9.17, 15) is 9.59 Å². The molecule has 1 aliphatic rings. The normalized spacial score (nSPS) is 14.7. The molecule has 0 radical (unpaired) electrons. The maximum Gasteiger partial charge on any atom is 0.243 e. The molecule has 0 aromatic heterocycles. The van der Waals surface area contributed by atoms with E-state index in [0.29, 0.717) is 16.5 Å². The van der Waals surface area contributed by atoms with Crippen molar-refractivity contribution in [2.75, 3.05) is 0 Å². The average molecular weight is 552 g/mol. The number of amides is 2. The zero-order valence-corrected chi connectivity index (χ0v) is 23.4. The Morgan fingerprint density at radius 2 is 1.47 bits per heavy atom. The molecule has 1 aliphatic carbocycles. The number of carbonyl (C=O) groups excluding carboxylic acids is 2. The molecule has 4 nitrogen and oxygen atoms in total. The van der Waals surface area contributed by atoms with E-state index < -0.39 is 6.04 Å². The molecule has 3 aromatic rings. The summed E-state index contributed by atoms with van der Waals surface area (Å²) < 4.78 is 0. The lowest BCUT2D eigenvalue weighted by molar-refractivity contribution is -0.142. The third kappa shape index (κ3) is 7.39. The summed E-state index contributed by atoms with van der Waals surface area (Å²) in [5.74, 6) is -0.275. The second kappa shape index (κ2) is 13.8. The topological polar surface area (TPSA) is 49.4 Å². The molecule has 0 spiro atoms. The Kier molecular flexibility index (Phi) is 10.3. The Morgan fingerprint density at radius 1 is 0.868 bits per heavy atom. The molecule has 1 atom stereocenters. The SMILES string of the molecule is CCC(C(=O)NC1CCCCC1)N(Cc1ccc(Cl)c(Cl)c1)C(=O)CC(c1ccccc1)c1ccccc1. The first-order valence-electron chi connectivity index (χ1n) is 13.6. The van der Waals surface area contributed by atoms with Gasteiger partial charge in [0.05, 0.1) is 10.0 Å². The van der Waals surface area contributed by atoms with E-state index in [-0.39, 0.29) is 36.7 Å². The van der Waals surface area contributed by atoms with Gasteiger partial charge in [-0.1, -0.05) is 116 Å². The molecule has 2 amide bonds. The Balaban J connectivity index is 1.63. The summed E-state index contributed by atoms with van der Waals surface area (Å²) in [5, 5.41) is 4.14. The molecule has 0 aliphatic heterocycles. The van der Waals surface area contributed by atoms with Crippen LogP contribution in [-0.2, 0) is 16.1 Å². The summed E-state index contributed by atoms with van der Waals surface area (Å²) in [5.41, 5.74) is 2.98. The predicted octanol–water partition coefficient (Wildman–Crippen LogP) is 7.77. The Labute approximate surface area is 236 Å². The Morgan fingerprint density at radius 3 is 2.03 bits per heavy atom. The number of hydrogen-bond donors (Lipinski definition) is 1. The summed E-state index contributed by atoms with van der Waals surface area (Å²) in [4.78, 5) is 29.4. The van der Waals surface area contributed by atoms with Crippen molar-refractivity contribution in [2.45, 2.75) is 76.4 Å². The van der Waals surface area contributed by atoms with E-state index in [4.69, 9.17) is 23.2 Å². The van der Waals surface area contributed by atoms with Crippen LogP contribution in [-0.4, -0.2) is 28.8 Å². The fourth-order valence-electron chi connectivity index (χ4n) is 5.39. The number of nitrogens with one attached hydrogen (secondary N) is 1. The molecule has 38 heavy (non-hydrogen) atoms. The van der Waals surface area contributed by atoms with Gasteiger partial charge < -0.3 is 10.2 Å². The smallest absolute Gasteiger partial charge is 0.243 e. The summed E-state index contributed by atoms with van der Waals surface area (Å²) in [7, 11) is 0. The van der Waals surface area contributed by atoms with Crippen molar-refractivity contribution in [3.05, 3.63) is 106 Å². The minimum atomic E-state index is -0.578. The molecule has 1 saturated carbocycles. The monoisotopic (exact) mass is 550 g/mol. The largest absolute Gasteiger partial charge is 0.352 e. The lowest BCUT2D eigenvalue weighted by Gasteiger charge is -2.34. The van der Waals surface area contributed by atoms with Crippen LogP contribution in [0.1, 0.15) is 74.5 Å².